The van der Waals surface area contributed by atoms with Crippen molar-refractivity contribution >= 4 is 29.1 Å². The lowest BCUT2D eigenvalue weighted by Crippen LogP contribution is -2.27. The highest BCUT2D eigenvalue weighted by Gasteiger charge is 2.24. The number of carbonyl (C=O) groups excluding carboxylic acids is 3. The van der Waals surface area contributed by atoms with Crippen LogP contribution in [0.5, 0.6) is 0 Å². The number of ether oxygens (including phenoxy) is 1. The molecule has 2 heterocycles. The molecule has 0 saturated carbocycles. The average Bonchev–Trinajstić information content (AvgIpc) is 3.33. The molecule has 1 fully saturated rings. The monoisotopic (exact) mass is 365 g/mol. The van der Waals surface area contributed by atoms with Crippen LogP contribution in [0.2, 0.25) is 0 Å². The van der Waals surface area contributed by atoms with Crippen LogP contribution in [-0.2, 0) is 16.1 Å². The third-order valence-electron chi connectivity index (χ3n) is 4.67. The summed E-state index contributed by atoms with van der Waals surface area (Å²) in [6.07, 6.45) is 1.15. The summed E-state index contributed by atoms with van der Waals surface area (Å²) < 4.78 is 5.36. The van der Waals surface area contributed by atoms with Gasteiger partial charge in [-0.2, -0.15) is 0 Å². The van der Waals surface area contributed by atoms with Crippen LogP contribution in [0.1, 0.15) is 39.1 Å². The number of benzene rings is 2. The van der Waals surface area contributed by atoms with E-state index in [1.165, 1.54) is 0 Å². The van der Waals surface area contributed by atoms with Gasteiger partial charge in [0.2, 0.25) is 0 Å². The maximum Gasteiger partial charge on any atom is 0.255 e. The summed E-state index contributed by atoms with van der Waals surface area (Å²) in [5.74, 6) is -0.656. The van der Waals surface area contributed by atoms with Crippen molar-refractivity contribution in [3.63, 3.8) is 0 Å². The summed E-state index contributed by atoms with van der Waals surface area (Å²) in [5, 5.41) is 8.32. The molecule has 1 atom stereocenters. The van der Waals surface area contributed by atoms with Crippen molar-refractivity contribution in [2.45, 2.75) is 25.5 Å². The second-order valence-corrected chi connectivity index (χ2v) is 6.58. The number of amides is 3. The van der Waals surface area contributed by atoms with Crippen LogP contribution >= 0.6 is 0 Å². The van der Waals surface area contributed by atoms with Crippen molar-refractivity contribution < 1.29 is 19.1 Å². The van der Waals surface area contributed by atoms with Crippen LogP contribution < -0.4 is 16.0 Å². The fourth-order valence-electron chi connectivity index (χ4n) is 3.24. The van der Waals surface area contributed by atoms with Crippen LogP contribution in [-0.4, -0.2) is 30.4 Å². The highest BCUT2D eigenvalue weighted by atomic mass is 16.5. The summed E-state index contributed by atoms with van der Waals surface area (Å²) in [5.41, 5.74) is 2.98. The zero-order valence-corrected chi connectivity index (χ0v) is 14.6. The topological polar surface area (TPSA) is 96.5 Å². The van der Waals surface area contributed by atoms with Crippen molar-refractivity contribution in [2.75, 3.05) is 17.2 Å². The van der Waals surface area contributed by atoms with Gasteiger partial charge in [-0.15, -0.1) is 0 Å². The molecule has 2 aromatic rings. The Morgan fingerprint density at radius 1 is 1.07 bits per heavy atom. The minimum atomic E-state index is -0.431. The Hall–Kier alpha value is -3.19. The van der Waals surface area contributed by atoms with Gasteiger partial charge >= 0.3 is 0 Å². The molecule has 0 aliphatic carbocycles. The molecule has 2 aliphatic rings. The second-order valence-electron chi connectivity index (χ2n) is 6.58. The highest BCUT2D eigenvalue weighted by molar-refractivity contribution is 6.06. The standard InChI is InChI=1S/C20H19N3O4/c24-18(22-15-7-6-13-11-21-19(25)16(13)10-15)12-3-1-4-14(9-12)23-20(26)17-5-2-8-27-17/h1,3-4,6-7,9-10,17H,2,5,8,11H2,(H,21,25)(H,22,24)(H,23,26). The van der Waals surface area contributed by atoms with E-state index in [0.29, 0.717) is 42.1 Å². The Labute approximate surface area is 156 Å². The smallest absolute Gasteiger partial charge is 0.255 e. The van der Waals surface area contributed by atoms with Crippen LogP contribution in [0.4, 0.5) is 11.4 Å². The lowest BCUT2D eigenvalue weighted by Gasteiger charge is -2.12. The summed E-state index contributed by atoms with van der Waals surface area (Å²) in [6.45, 7) is 1.11. The molecule has 138 valence electrons. The van der Waals surface area contributed by atoms with Gasteiger partial charge in [-0.3, -0.25) is 14.4 Å². The van der Waals surface area contributed by atoms with E-state index >= 15 is 0 Å². The van der Waals surface area contributed by atoms with Crippen LogP contribution in [0.15, 0.2) is 42.5 Å². The first-order valence-corrected chi connectivity index (χ1v) is 8.85. The first kappa shape index (κ1) is 17.2. The number of hydrogen-bond acceptors (Lipinski definition) is 4. The largest absolute Gasteiger partial charge is 0.368 e. The number of carbonyl (C=O) groups is 3. The Morgan fingerprint density at radius 2 is 1.93 bits per heavy atom. The Kier molecular flexibility index (Phi) is 4.60. The lowest BCUT2D eigenvalue weighted by atomic mass is 10.1. The normalized spacial score (nSPS) is 17.9. The molecule has 27 heavy (non-hydrogen) atoms. The first-order valence-electron chi connectivity index (χ1n) is 8.85. The summed E-state index contributed by atoms with van der Waals surface area (Å²) in [7, 11) is 0. The summed E-state index contributed by atoms with van der Waals surface area (Å²) >= 11 is 0. The number of anilines is 2. The molecule has 2 aliphatic heterocycles. The van der Waals surface area contributed by atoms with Crippen molar-refractivity contribution in [2.24, 2.45) is 0 Å². The minimum absolute atomic E-state index is 0.139. The predicted octanol–water partition coefficient (Wildman–Crippen LogP) is 2.30. The lowest BCUT2D eigenvalue weighted by molar-refractivity contribution is -0.124. The SMILES string of the molecule is O=C(Nc1ccc2c(c1)C(=O)NC2)c1cccc(NC(=O)C2CCCO2)c1. The maximum absolute atomic E-state index is 12.5. The van der Waals surface area contributed by atoms with Gasteiger partial charge in [0, 0.05) is 35.7 Å². The van der Waals surface area contributed by atoms with Crippen LogP contribution in [0.3, 0.4) is 0 Å². The number of nitrogens with one attached hydrogen (secondary N) is 3. The van der Waals surface area contributed by atoms with E-state index in [2.05, 4.69) is 16.0 Å². The Balaban J connectivity index is 1.45. The third kappa shape index (κ3) is 3.68. The van der Waals surface area contributed by atoms with E-state index in [1.807, 2.05) is 6.07 Å². The molecule has 1 unspecified atom stereocenters. The molecule has 4 rings (SSSR count). The zero-order valence-electron chi connectivity index (χ0n) is 14.6. The molecule has 0 aromatic heterocycles. The van der Waals surface area contributed by atoms with E-state index in [9.17, 15) is 14.4 Å². The van der Waals surface area contributed by atoms with Crippen molar-refractivity contribution in [1.82, 2.24) is 5.32 Å². The molecule has 2 aromatic carbocycles. The fourth-order valence-corrected chi connectivity index (χ4v) is 3.24. The zero-order chi connectivity index (χ0) is 18.8. The first-order chi connectivity index (χ1) is 13.1. The van der Waals surface area contributed by atoms with Crippen LogP contribution in [0.25, 0.3) is 0 Å². The molecular weight excluding hydrogens is 346 g/mol. The van der Waals surface area contributed by atoms with Gasteiger partial charge in [-0.25, -0.2) is 0 Å². The molecule has 7 nitrogen and oxygen atoms in total. The van der Waals surface area contributed by atoms with Gasteiger partial charge in [0.15, 0.2) is 0 Å². The van der Waals surface area contributed by atoms with Crippen LogP contribution in [0, 0.1) is 0 Å². The molecule has 1 saturated heterocycles. The van der Waals surface area contributed by atoms with E-state index in [4.69, 9.17) is 4.74 Å². The quantitative estimate of drug-likeness (QED) is 0.775. The van der Waals surface area contributed by atoms with Crippen molar-refractivity contribution in [1.29, 1.82) is 0 Å². The predicted molar refractivity (Wildman–Crippen MR) is 99.6 cm³/mol. The molecule has 0 radical (unpaired) electrons. The number of fused-ring (bicyclic) bond motifs is 1. The Bertz CT molecular complexity index is 919. The average molecular weight is 365 g/mol. The van der Waals surface area contributed by atoms with E-state index < -0.39 is 6.10 Å². The van der Waals surface area contributed by atoms with E-state index in [1.54, 1.807) is 36.4 Å². The molecule has 7 heteroatoms. The third-order valence-corrected chi connectivity index (χ3v) is 4.67. The number of hydrogen-bond donors (Lipinski definition) is 3. The van der Waals surface area contributed by atoms with Crippen molar-refractivity contribution in [3.8, 4) is 0 Å². The van der Waals surface area contributed by atoms with Gasteiger partial charge in [0.1, 0.15) is 6.10 Å². The molecule has 3 amide bonds. The van der Waals surface area contributed by atoms with E-state index in [0.717, 1.165) is 12.0 Å². The van der Waals surface area contributed by atoms with Crippen molar-refractivity contribution in [3.05, 3.63) is 59.2 Å². The van der Waals surface area contributed by atoms with E-state index in [-0.39, 0.29) is 17.7 Å². The van der Waals surface area contributed by atoms with Gasteiger partial charge in [-0.05, 0) is 48.7 Å². The van der Waals surface area contributed by atoms with Gasteiger partial charge in [0.25, 0.3) is 17.7 Å². The summed E-state index contributed by atoms with van der Waals surface area (Å²) in [6, 6.07) is 12.0. The molecular formula is C20H19N3O4. The maximum atomic E-state index is 12.5. The van der Waals surface area contributed by atoms with Gasteiger partial charge in [-0.1, -0.05) is 12.1 Å². The minimum Gasteiger partial charge on any atom is -0.368 e. The molecule has 0 bridgehead atoms. The molecule has 3 N–H and O–H groups in total. The van der Waals surface area contributed by atoms with Gasteiger partial charge < -0.3 is 20.7 Å². The number of rotatable bonds is 4. The Morgan fingerprint density at radius 3 is 2.74 bits per heavy atom. The highest BCUT2D eigenvalue weighted by Crippen LogP contribution is 2.21. The molecule has 0 spiro atoms. The fraction of sp³-hybridized carbons (Fsp3) is 0.250. The summed E-state index contributed by atoms with van der Waals surface area (Å²) in [4.78, 5) is 36.4. The second kappa shape index (κ2) is 7.20. The van der Waals surface area contributed by atoms with Gasteiger partial charge in [0.05, 0.1) is 0 Å².